The highest BCUT2D eigenvalue weighted by molar-refractivity contribution is 9.10. The van der Waals surface area contributed by atoms with E-state index in [4.69, 9.17) is 0 Å². The molecule has 0 spiro atoms. The number of benzene rings is 1. The van der Waals surface area contributed by atoms with Crippen molar-refractivity contribution in [2.75, 3.05) is 24.5 Å². The number of piperazine rings is 1. The molecular formula is C18H27BrN2. The lowest BCUT2D eigenvalue weighted by molar-refractivity contribution is 0.111. The Morgan fingerprint density at radius 2 is 2.05 bits per heavy atom. The van der Waals surface area contributed by atoms with Gasteiger partial charge in [0, 0.05) is 35.3 Å². The van der Waals surface area contributed by atoms with Crippen LogP contribution in [0.3, 0.4) is 0 Å². The first-order chi connectivity index (χ1) is 10.2. The van der Waals surface area contributed by atoms with Crippen molar-refractivity contribution in [3.63, 3.8) is 0 Å². The number of piperidine rings is 1. The lowest BCUT2D eigenvalue weighted by Gasteiger charge is -2.49. The average molecular weight is 351 g/mol. The fourth-order valence-corrected chi connectivity index (χ4v) is 4.42. The van der Waals surface area contributed by atoms with Crippen LogP contribution in [0.2, 0.25) is 0 Å². The second-order valence-electron chi connectivity index (χ2n) is 6.49. The minimum Gasteiger partial charge on any atom is -0.365 e. The summed E-state index contributed by atoms with van der Waals surface area (Å²) in [7, 11) is 0. The molecule has 2 heterocycles. The van der Waals surface area contributed by atoms with Crippen LogP contribution in [-0.4, -0.2) is 36.6 Å². The number of hydrogen-bond donors (Lipinski definition) is 0. The molecule has 2 unspecified atom stereocenters. The first-order valence-corrected chi connectivity index (χ1v) is 9.31. The smallest absolute Gasteiger partial charge is 0.0415 e. The minimum absolute atomic E-state index is 0.672. The zero-order valence-corrected chi connectivity index (χ0v) is 14.9. The monoisotopic (exact) mass is 350 g/mol. The van der Waals surface area contributed by atoms with Crippen LogP contribution in [0.1, 0.15) is 45.1 Å². The summed E-state index contributed by atoms with van der Waals surface area (Å²) in [6.45, 7) is 8.39. The molecule has 3 rings (SSSR count). The highest BCUT2D eigenvalue weighted by Gasteiger charge is 2.34. The average Bonchev–Trinajstić information content (AvgIpc) is 2.53. The van der Waals surface area contributed by atoms with E-state index < -0.39 is 0 Å². The summed E-state index contributed by atoms with van der Waals surface area (Å²) < 4.78 is 1.20. The first-order valence-electron chi connectivity index (χ1n) is 8.52. The molecule has 2 saturated heterocycles. The van der Waals surface area contributed by atoms with Crippen LogP contribution in [0, 0.1) is 0 Å². The zero-order valence-electron chi connectivity index (χ0n) is 13.3. The molecule has 3 heteroatoms. The van der Waals surface area contributed by atoms with E-state index in [1.807, 2.05) is 0 Å². The van der Waals surface area contributed by atoms with Gasteiger partial charge in [0.1, 0.15) is 0 Å². The molecule has 0 bridgehead atoms. The highest BCUT2D eigenvalue weighted by Crippen LogP contribution is 2.32. The highest BCUT2D eigenvalue weighted by atomic mass is 79.9. The van der Waals surface area contributed by atoms with E-state index in [1.165, 1.54) is 61.0 Å². The molecule has 0 radical (unpaired) electrons. The topological polar surface area (TPSA) is 6.48 Å². The van der Waals surface area contributed by atoms with Gasteiger partial charge < -0.3 is 4.90 Å². The molecule has 0 N–H and O–H groups in total. The molecule has 2 aliphatic rings. The van der Waals surface area contributed by atoms with Gasteiger partial charge in [-0.3, -0.25) is 4.90 Å². The van der Waals surface area contributed by atoms with Crippen molar-refractivity contribution in [2.24, 2.45) is 0 Å². The SMILES string of the molecule is CCc1cc(Br)ccc1N1CC2CCCCN2CC1CC. The van der Waals surface area contributed by atoms with Gasteiger partial charge >= 0.3 is 0 Å². The Labute approximate surface area is 137 Å². The van der Waals surface area contributed by atoms with Gasteiger partial charge in [-0.25, -0.2) is 0 Å². The Bertz CT molecular complexity index is 488. The molecule has 1 aromatic rings. The van der Waals surface area contributed by atoms with Crippen LogP contribution in [0.15, 0.2) is 22.7 Å². The normalized spacial score (nSPS) is 26.7. The lowest BCUT2D eigenvalue weighted by atomic mass is 9.94. The van der Waals surface area contributed by atoms with E-state index in [0.29, 0.717) is 6.04 Å². The molecule has 1 aromatic carbocycles. The quantitative estimate of drug-likeness (QED) is 0.793. The predicted molar refractivity (Wildman–Crippen MR) is 94.2 cm³/mol. The maximum Gasteiger partial charge on any atom is 0.0415 e. The van der Waals surface area contributed by atoms with Crippen LogP contribution in [0.4, 0.5) is 5.69 Å². The van der Waals surface area contributed by atoms with Crippen molar-refractivity contribution in [2.45, 2.75) is 58.0 Å². The van der Waals surface area contributed by atoms with Crippen LogP contribution in [-0.2, 0) is 6.42 Å². The Morgan fingerprint density at radius 1 is 1.19 bits per heavy atom. The third kappa shape index (κ3) is 3.14. The summed E-state index contributed by atoms with van der Waals surface area (Å²) in [6, 6.07) is 8.27. The summed E-state index contributed by atoms with van der Waals surface area (Å²) >= 11 is 3.62. The molecule has 2 aliphatic heterocycles. The van der Waals surface area contributed by atoms with Gasteiger partial charge in [0.05, 0.1) is 0 Å². The van der Waals surface area contributed by atoms with Crippen LogP contribution >= 0.6 is 15.9 Å². The third-order valence-electron chi connectivity index (χ3n) is 5.25. The Kier molecular flexibility index (Phi) is 4.90. The number of anilines is 1. The summed E-state index contributed by atoms with van der Waals surface area (Å²) in [5, 5.41) is 0. The molecule has 116 valence electrons. The van der Waals surface area contributed by atoms with E-state index in [9.17, 15) is 0 Å². The second-order valence-corrected chi connectivity index (χ2v) is 7.40. The van der Waals surface area contributed by atoms with Crippen molar-refractivity contribution < 1.29 is 0 Å². The molecule has 21 heavy (non-hydrogen) atoms. The lowest BCUT2D eigenvalue weighted by Crippen LogP contribution is -2.59. The molecule has 0 aromatic heterocycles. The van der Waals surface area contributed by atoms with Crippen LogP contribution < -0.4 is 4.90 Å². The van der Waals surface area contributed by atoms with Crippen molar-refractivity contribution in [1.29, 1.82) is 0 Å². The van der Waals surface area contributed by atoms with E-state index in [1.54, 1.807) is 0 Å². The maximum absolute atomic E-state index is 3.62. The number of rotatable bonds is 3. The maximum atomic E-state index is 3.62. The van der Waals surface area contributed by atoms with Crippen molar-refractivity contribution in [3.8, 4) is 0 Å². The minimum atomic E-state index is 0.672. The fourth-order valence-electron chi connectivity index (χ4n) is 4.01. The van der Waals surface area contributed by atoms with Gasteiger partial charge in [0.25, 0.3) is 0 Å². The summed E-state index contributed by atoms with van der Waals surface area (Å²) in [4.78, 5) is 5.45. The zero-order chi connectivity index (χ0) is 14.8. The summed E-state index contributed by atoms with van der Waals surface area (Å²) in [5.41, 5.74) is 2.95. The van der Waals surface area contributed by atoms with Gasteiger partial charge in [-0.2, -0.15) is 0 Å². The number of aryl methyl sites for hydroxylation is 1. The largest absolute Gasteiger partial charge is 0.365 e. The number of fused-ring (bicyclic) bond motifs is 1. The van der Waals surface area contributed by atoms with Gasteiger partial charge in [-0.05, 0) is 56.0 Å². The molecule has 2 atom stereocenters. The van der Waals surface area contributed by atoms with E-state index in [-0.39, 0.29) is 0 Å². The van der Waals surface area contributed by atoms with E-state index in [2.05, 4.69) is 57.8 Å². The molecule has 0 amide bonds. The molecule has 2 fully saturated rings. The van der Waals surface area contributed by atoms with Gasteiger partial charge in [0.2, 0.25) is 0 Å². The first kappa shape index (κ1) is 15.4. The van der Waals surface area contributed by atoms with Crippen LogP contribution in [0.5, 0.6) is 0 Å². The van der Waals surface area contributed by atoms with Crippen molar-refractivity contribution in [3.05, 3.63) is 28.2 Å². The number of halogens is 1. The Hall–Kier alpha value is -0.540. The fraction of sp³-hybridized carbons (Fsp3) is 0.667. The van der Waals surface area contributed by atoms with Crippen molar-refractivity contribution >= 4 is 21.6 Å². The van der Waals surface area contributed by atoms with Crippen LogP contribution in [0.25, 0.3) is 0 Å². The standard InChI is InChI=1S/C18H27BrN2/c1-3-14-11-15(19)8-9-18(14)21-13-17-7-5-6-10-20(17)12-16(21)4-2/h8-9,11,16-17H,3-7,10,12-13H2,1-2H3. The molecule has 0 aliphatic carbocycles. The Morgan fingerprint density at radius 3 is 2.81 bits per heavy atom. The predicted octanol–water partition coefficient (Wildman–Crippen LogP) is 4.46. The number of nitrogens with zero attached hydrogens (tertiary/aromatic N) is 2. The van der Waals surface area contributed by atoms with Crippen molar-refractivity contribution in [1.82, 2.24) is 4.90 Å². The second kappa shape index (κ2) is 6.70. The Balaban J connectivity index is 1.88. The molecule has 0 saturated carbocycles. The van der Waals surface area contributed by atoms with E-state index in [0.717, 1.165) is 12.5 Å². The summed E-state index contributed by atoms with van der Waals surface area (Å²) in [6.07, 6.45) is 6.53. The third-order valence-corrected chi connectivity index (χ3v) is 5.74. The van der Waals surface area contributed by atoms with Gasteiger partial charge in [0.15, 0.2) is 0 Å². The molecular weight excluding hydrogens is 324 g/mol. The van der Waals surface area contributed by atoms with Gasteiger partial charge in [-0.1, -0.05) is 36.2 Å². The van der Waals surface area contributed by atoms with E-state index >= 15 is 0 Å². The van der Waals surface area contributed by atoms with Gasteiger partial charge in [-0.15, -0.1) is 0 Å². The molecule has 2 nitrogen and oxygen atoms in total. The number of hydrogen-bond acceptors (Lipinski definition) is 2. The summed E-state index contributed by atoms with van der Waals surface area (Å²) in [5.74, 6) is 0.